The number of aryl methyl sites for hydroxylation is 1. The molecule has 1 saturated heterocycles. The summed E-state index contributed by atoms with van der Waals surface area (Å²) in [6.45, 7) is 5.82. The second kappa shape index (κ2) is 5.55. The molecule has 5 nitrogen and oxygen atoms in total. The molecule has 0 spiro atoms. The van der Waals surface area contributed by atoms with Crippen LogP contribution in [-0.2, 0) is 4.79 Å². The van der Waals surface area contributed by atoms with E-state index in [1.165, 1.54) is 0 Å². The number of anilines is 1. The zero-order valence-corrected chi connectivity index (χ0v) is 11.0. The van der Waals surface area contributed by atoms with Gasteiger partial charge < -0.3 is 4.98 Å². The molecule has 1 aromatic heterocycles. The summed E-state index contributed by atoms with van der Waals surface area (Å²) in [5, 5.41) is 2.81. The molecule has 1 aromatic rings. The monoisotopic (exact) mass is 254 g/mol. The maximum atomic E-state index is 12.0. The van der Waals surface area contributed by atoms with Crippen molar-refractivity contribution in [2.75, 3.05) is 29.9 Å². The first-order chi connectivity index (χ1) is 8.16. The van der Waals surface area contributed by atoms with Gasteiger partial charge >= 0.3 is 0 Å². The highest BCUT2D eigenvalue weighted by molar-refractivity contribution is 7.99. The molecule has 2 N–H and O–H groups in total. The largest absolute Gasteiger partial charge is 0.328 e. The summed E-state index contributed by atoms with van der Waals surface area (Å²) in [6, 6.07) is -0.0960. The van der Waals surface area contributed by atoms with Gasteiger partial charge in [-0.2, -0.15) is 11.8 Å². The fourth-order valence-electron chi connectivity index (χ4n) is 1.83. The van der Waals surface area contributed by atoms with Gasteiger partial charge in [0.1, 0.15) is 0 Å². The Hall–Kier alpha value is -1.01. The molecule has 1 amide bonds. The predicted molar refractivity (Wildman–Crippen MR) is 70.3 cm³/mol. The number of nitrogens with one attached hydrogen (secondary N) is 2. The Bertz CT molecular complexity index is 387. The van der Waals surface area contributed by atoms with Crippen molar-refractivity contribution in [2.24, 2.45) is 0 Å². The van der Waals surface area contributed by atoms with Crippen molar-refractivity contribution in [3.8, 4) is 0 Å². The lowest BCUT2D eigenvalue weighted by atomic mass is 10.2. The quantitative estimate of drug-likeness (QED) is 0.848. The second-order valence-corrected chi connectivity index (χ2v) is 5.45. The van der Waals surface area contributed by atoms with E-state index < -0.39 is 0 Å². The Balaban J connectivity index is 1.90. The lowest BCUT2D eigenvalue weighted by Gasteiger charge is -2.30. The van der Waals surface area contributed by atoms with Crippen molar-refractivity contribution < 1.29 is 4.79 Å². The van der Waals surface area contributed by atoms with Crippen molar-refractivity contribution >= 4 is 23.6 Å². The molecule has 1 fully saturated rings. The predicted octanol–water partition coefficient (Wildman–Crippen LogP) is 1.09. The number of imidazole rings is 1. The smallest absolute Gasteiger partial charge is 0.243 e. The molecule has 0 radical (unpaired) electrons. The molecule has 94 valence electrons. The molecule has 0 bridgehead atoms. The number of rotatable bonds is 3. The number of nitrogens with zero attached hydrogens (tertiary/aromatic N) is 2. The molecule has 1 aliphatic rings. The molecule has 0 saturated carbocycles. The zero-order chi connectivity index (χ0) is 12.3. The number of hydrogen-bond acceptors (Lipinski definition) is 4. The zero-order valence-electron chi connectivity index (χ0n) is 10.2. The van der Waals surface area contributed by atoms with E-state index in [9.17, 15) is 4.79 Å². The van der Waals surface area contributed by atoms with Crippen molar-refractivity contribution in [1.82, 2.24) is 14.9 Å². The second-order valence-electron chi connectivity index (χ2n) is 4.23. The van der Waals surface area contributed by atoms with E-state index in [4.69, 9.17) is 0 Å². The average Bonchev–Trinajstić information content (AvgIpc) is 2.75. The number of carbonyl (C=O) groups excluding carboxylic acids is 1. The highest BCUT2D eigenvalue weighted by Gasteiger charge is 2.23. The molecule has 2 heterocycles. The normalized spacial score (nSPS) is 18.9. The minimum absolute atomic E-state index is 0.00579. The van der Waals surface area contributed by atoms with Gasteiger partial charge in [-0.1, -0.05) is 0 Å². The fraction of sp³-hybridized carbons (Fsp3) is 0.636. The van der Waals surface area contributed by atoms with Crippen molar-refractivity contribution in [1.29, 1.82) is 0 Å². The van der Waals surface area contributed by atoms with Crippen LogP contribution in [0.5, 0.6) is 0 Å². The lowest BCUT2D eigenvalue weighted by Crippen LogP contribution is -2.46. The van der Waals surface area contributed by atoms with Crippen LogP contribution in [0.25, 0.3) is 0 Å². The Morgan fingerprint density at radius 1 is 1.59 bits per heavy atom. The van der Waals surface area contributed by atoms with Gasteiger partial charge in [0.15, 0.2) is 0 Å². The Labute approximate surface area is 105 Å². The molecule has 1 aliphatic heterocycles. The van der Waals surface area contributed by atoms with Crippen LogP contribution in [0.15, 0.2) is 6.20 Å². The SMILES string of the molecule is Cc1cnc(NC(=O)[C@@H](C)N2CCSCC2)[nH]1. The summed E-state index contributed by atoms with van der Waals surface area (Å²) in [5.41, 5.74) is 0.947. The first-order valence-corrected chi connectivity index (χ1v) is 6.96. The van der Waals surface area contributed by atoms with E-state index >= 15 is 0 Å². The number of aromatic nitrogens is 2. The Morgan fingerprint density at radius 3 is 2.88 bits per heavy atom. The first-order valence-electron chi connectivity index (χ1n) is 5.81. The highest BCUT2D eigenvalue weighted by Crippen LogP contribution is 2.13. The number of H-pyrrole nitrogens is 1. The number of hydrogen-bond donors (Lipinski definition) is 2. The maximum absolute atomic E-state index is 12.0. The van der Waals surface area contributed by atoms with E-state index in [2.05, 4.69) is 20.2 Å². The van der Waals surface area contributed by atoms with E-state index in [1.54, 1.807) is 6.20 Å². The van der Waals surface area contributed by atoms with Crippen molar-refractivity contribution in [3.63, 3.8) is 0 Å². The lowest BCUT2D eigenvalue weighted by molar-refractivity contribution is -0.120. The van der Waals surface area contributed by atoms with Crippen LogP contribution in [0.4, 0.5) is 5.95 Å². The van der Waals surface area contributed by atoms with Crippen LogP contribution >= 0.6 is 11.8 Å². The van der Waals surface area contributed by atoms with Gasteiger partial charge in [0, 0.05) is 36.5 Å². The molecule has 2 rings (SSSR count). The third-order valence-corrected chi connectivity index (χ3v) is 3.86. The average molecular weight is 254 g/mol. The van der Waals surface area contributed by atoms with Crippen molar-refractivity contribution in [3.05, 3.63) is 11.9 Å². The Morgan fingerprint density at radius 2 is 2.29 bits per heavy atom. The minimum atomic E-state index is -0.0960. The van der Waals surface area contributed by atoms with Crippen LogP contribution in [-0.4, -0.2) is 51.4 Å². The molecular weight excluding hydrogens is 236 g/mol. The van der Waals surface area contributed by atoms with Crippen LogP contribution in [0, 0.1) is 6.92 Å². The molecule has 1 atom stereocenters. The summed E-state index contributed by atoms with van der Waals surface area (Å²) >= 11 is 1.94. The van der Waals surface area contributed by atoms with Crippen LogP contribution in [0.3, 0.4) is 0 Å². The summed E-state index contributed by atoms with van der Waals surface area (Å²) < 4.78 is 0. The van der Waals surface area contributed by atoms with E-state index in [0.29, 0.717) is 5.95 Å². The minimum Gasteiger partial charge on any atom is -0.328 e. The Kier molecular flexibility index (Phi) is 4.06. The van der Waals surface area contributed by atoms with Gasteiger partial charge in [0.2, 0.25) is 11.9 Å². The van der Waals surface area contributed by atoms with Crippen LogP contribution in [0.2, 0.25) is 0 Å². The molecule has 6 heteroatoms. The van der Waals surface area contributed by atoms with Gasteiger partial charge in [-0.25, -0.2) is 4.98 Å². The van der Waals surface area contributed by atoms with Gasteiger partial charge in [-0.15, -0.1) is 0 Å². The standard InChI is InChI=1S/C11H18N4OS/c1-8-7-12-11(13-8)14-10(16)9(2)15-3-5-17-6-4-15/h7,9H,3-6H2,1-2H3,(H2,12,13,14,16)/t9-/m1/s1. The summed E-state index contributed by atoms with van der Waals surface area (Å²) in [7, 11) is 0. The highest BCUT2D eigenvalue weighted by atomic mass is 32.2. The topological polar surface area (TPSA) is 61.0 Å². The summed E-state index contributed by atoms with van der Waals surface area (Å²) in [4.78, 5) is 21.3. The molecule has 17 heavy (non-hydrogen) atoms. The number of aromatic amines is 1. The van der Waals surface area contributed by atoms with Crippen molar-refractivity contribution in [2.45, 2.75) is 19.9 Å². The van der Waals surface area contributed by atoms with E-state index in [0.717, 1.165) is 30.3 Å². The summed E-state index contributed by atoms with van der Waals surface area (Å²) in [5.74, 6) is 2.76. The van der Waals surface area contributed by atoms with E-state index in [1.807, 2.05) is 25.6 Å². The summed E-state index contributed by atoms with van der Waals surface area (Å²) in [6.07, 6.45) is 1.71. The third-order valence-electron chi connectivity index (χ3n) is 2.92. The fourth-order valence-corrected chi connectivity index (χ4v) is 2.76. The van der Waals surface area contributed by atoms with Gasteiger partial charge in [0.05, 0.1) is 6.04 Å². The van der Waals surface area contributed by atoms with Gasteiger partial charge in [0.25, 0.3) is 0 Å². The molecular formula is C11H18N4OS. The number of amides is 1. The van der Waals surface area contributed by atoms with E-state index in [-0.39, 0.29) is 11.9 Å². The van der Waals surface area contributed by atoms with Gasteiger partial charge in [-0.05, 0) is 13.8 Å². The third kappa shape index (κ3) is 3.23. The van der Waals surface area contributed by atoms with Crippen LogP contribution < -0.4 is 5.32 Å². The molecule has 0 aliphatic carbocycles. The molecule has 0 unspecified atom stereocenters. The molecule has 0 aromatic carbocycles. The number of thioether (sulfide) groups is 1. The maximum Gasteiger partial charge on any atom is 0.243 e. The number of carbonyl (C=O) groups is 1. The van der Waals surface area contributed by atoms with Gasteiger partial charge in [-0.3, -0.25) is 15.0 Å². The first kappa shape index (κ1) is 12.4. The van der Waals surface area contributed by atoms with Crippen LogP contribution in [0.1, 0.15) is 12.6 Å².